The lowest BCUT2D eigenvalue weighted by Gasteiger charge is -2.19. The minimum absolute atomic E-state index is 0.0371. The Hall–Kier alpha value is -3.31. The third-order valence-corrected chi connectivity index (χ3v) is 6.68. The number of aliphatic hydroxyl groups excluding tert-OH is 1. The fourth-order valence-electron chi connectivity index (χ4n) is 4.58. The Morgan fingerprint density at radius 3 is 2.79 bits per heavy atom. The van der Waals surface area contributed by atoms with Crippen molar-refractivity contribution in [2.75, 3.05) is 5.32 Å². The SMILES string of the molecule is Cc1c(C(O)C(=O)NC2(c3cn[nH]n3)CC2)c2n(c1C(=O)Nc1ccc(F)c(Cl)c1)C[C@@H](F)C2. The van der Waals surface area contributed by atoms with Crippen LogP contribution >= 0.6 is 11.6 Å². The number of aliphatic hydroxyl groups is 1. The number of rotatable bonds is 6. The van der Waals surface area contributed by atoms with Crippen molar-refractivity contribution in [2.45, 2.75) is 50.5 Å². The molecule has 4 N–H and O–H groups in total. The van der Waals surface area contributed by atoms with Gasteiger partial charge in [0.15, 0.2) is 6.10 Å². The largest absolute Gasteiger partial charge is 0.378 e. The molecule has 0 spiro atoms. The maximum atomic E-state index is 14.3. The van der Waals surface area contributed by atoms with E-state index in [9.17, 15) is 23.5 Å². The molecule has 2 aromatic heterocycles. The number of carbonyl (C=O) groups excluding carboxylic acids is 2. The van der Waals surface area contributed by atoms with Crippen LogP contribution in [-0.4, -0.2) is 43.1 Å². The zero-order chi connectivity index (χ0) is 24.2. The van der Waals surface area contributed by atoms with Crippen LogP contribution in [0.3, 0.4) is 0 Å². The van der Waals surface area contributed by atoms with Crippen LogP contribution in [-0.2, 0) is 23.3 Å². The number of aromatic amines is 1. The van der Waals surface area contributed by atoms with E-state index >= 15 is 0 Å². The number of H-pyrrole nitrogens is 1. The number of hydrogen-bond acceptors (Lipinski definition) is 5. The molecular formula is C22H21ClF2N6O3. The summed E-state index contributed by atoms with van der Waals surface area (Å²) in [4.78, 5) is 26.1. The lowest BCUT2D eigenvalue weighted by atomic mass is 10.00. The third-order valence-electron chi connectivity index (χ3n) is 6.39. The van der Waals surface area contributed by atoms with Crippen molar-refractivity contribution in [3.63, 3.8) is 0 Å². The number of aromatic nitrogens is 4. The van der Waals surface area contributed by atoms with Gasteiger partial charge in [0, 0.05) is 23.4 Å². The second kappa shape index (κ2) is 8.17. The summed E-state index contributed by atoms with van der Waals surface area (Å²) in [5.41, 5.74) is 1.19. The first kappa shape index (κ1) is 22.5. The van der Waals surface area contributed by atoms with Gasteiger partial charge in [0.2, 0.25) is 0 Å². The molecule has 1 saturated carbocycles. The van der Waals surface area contributed by atoms with E-state index in [1.165, 1.54) is 22.9 Å². The number of fused-ring (bicyclic) bond motifs is 1. The Balaban J connectivity index is 1.44. The van der Waals surface area contributed by atoms with E-state index in [2.05, 4.69) is 26.0 Å². The van der Waals surface area contributed by atoms with Gasteiger partial charge < -0.3 is 20.3 Å². The molecule has 12 heteroatoms. The zero-order valence-corrected chi connectivity index (χ0v) is 18.8. The summed E-state index contributed by atoms with van der Waals surface area (Å²) >= 11 is 5.79. The van der Waals surface area contributed by atoms with Gasteiger partial charge in [-0.2, -0.15) is 15.4 Å². The summed E-state index contributed by atoms with van der Waals surface area (Å²) in [6, 6.07) is 3.73. The number of benzene rings is 1. The minimum atomic E-state index is -1.61. The summed E-state index contributed by atoms with van der Waals surface area (Å²) in [5, 5.41) is 26.6. The second-order valence-electron chi connectivity index (χ2n) is 8.66. The normalized spacial score (nSPS) is 18.9. The fourth-order valence-corrected chi connectivity index (χ4v) is 4.76. The Labute approximate surface area is 197 Å². The van der Waals surface area contributed by atoms with Crippen LogP contribution in [0.15, 0.2) is 24.4 Å². The smallest absolute Gasteiger partial charge is 0.272 e. The number of hydrogen-bond donors (Lipinski definition) is 4. The van der Waals surface area contributed by atoms with Gasteiger partial charge in [0.25, 0.3) is 11.8 Å². The summed E-state index contributed by atoms with van der Waals surface area (Å²) in [6.07, 6.45) is -0.112. The Morgan fingerprint density at radius 1 is 1.38 bits per heavy atom. The zero-order valence-electron chi connectivity index (χ0n) is 18.0. The van der Waals surface area contributed by atoms with Crippen LogP contribution in [0.5, 0.6) is 0 Å². The fraction of sp³-hybridized carbons (Fsp3) is 0.364. The summed E-state index contributed by atoms with van der Waals surface area (Å²) in [7, 11) is 0. The van der Waals surface area contributed by atoms with Crippen molar-refractivity contribution < 1.29 is 23.5 Å². The maximum absolute atomic E-state index is 14.3. The molecule has 2 amide bonds. The van der Waals surface area contributed by atoms with Gasteiger partial charge in [0.05, 0.1) is 23.3 Å². The van der Waals surface area contributed by atoms with Crippen molar-refractivity contribution in [3.8, 4) is 0 Å². The van der Waals surface area contributed by atoms with Crippen molar-refractivity contribution in [3.05, 3.63) is 63.4 Å². The monoisotopic (exact) mass is 490 g/mol. The molecule has 34 heavy (non-hydrogen) atoms. The molecule has 9 nitrogen and oxygen atoms in total. The van der Waals surface area contributed by atoms with Crippen molar-refractivity contribution >= 4 is 29.1 Å². The molecule has 1 unspecified atom stereocenters. The number of alkyl halides is 1. The molecule has 0 saturated heterocycles. The Morgan fingerprint density at radius 2 is 2.15 bits per heavy atom. The van der Waals surface area contributed by atoms with Crippen molar-refractivity contribution in [2.24, 2.45) is 0 Å². The van der Waals surface area contributed by atoms with Crippen LogP contribution in [0.2, 0.25) is 5.02 Å². The van der Waals surface area contributed by atoms with Crippen molar-refractivity contribution in [1.82, 2.24) is 25.3 Å². The Bertz CT molecular complexity index is 1290. The van der Waals surface area contributed by atoms with E-state index in [1.807, 2.05) is 0 Å². The molecule has 1 aliphatic heterocycles. The van der Waals surface area contributed by atoms with E-state index in [0.717, 1.165) is 6.07 Å². The topological polar surface area (TPSA) is 125 Å². The highest BCUT2D eigenvalue weighted by atomic mass is 35.5. The highest BCUT2D eigenvalue weighted by molar-refractivity contribution is 6.31. The summed E-state index contributed by atoms with van der Waals surface area (Å²) < 4.78 is 29.3. The molecule has 2 aliphatic rings. The number of amides is 2. The van der Waals surface area contributed by atoms with E-state index in [1.54, 1.807) is 6.92 Å². The lowest BCUT2D eigenvalue weighted by molar-refractivity contribution is -0.130. The van der Waals surface area contributed by atoms with Crippen LogP contribution < -0.4 is 10.6 Å². The summed E-state index contributed by atoms with van der Waals surface area (Å²) in [5.74, 6) is -1.89. The highest BCUT2D eigenvalue weighted by Crippen LogP contribution is 2.45. The van der Waals surface area contributed by atoms with E-state index in [0.29, 0.717) is 29.8 Å². The average Bonchev–Trinajstić information content (AvgIpc) is 3.11. The van der Waals surface area contributed by atoms with Gasteiger partial charge in [-0.25, -0.2) is 8.78 Å². The minimum Gasteiger partial charge on any atom is -0.378 e. The van der Waals surface area contributed by atoms with Gasteiger partial charge in [-0.15, -0.1) is 0 Å². The molecule has 0 radical (unpaired) electrons. The quantitative estimate of drug-likeness (QED) is 0.423. The molecule has 5 rings (SSSR count). The van der Waals surface area contributed by atoms with Crippen LogP contribution in [0, 0.1) is 12.7 Å². The molecule has 3 heterocycles. The molecule has 178 valence electrons. The van der Waals surface area contributed by atoms with E-state index in [-0.39, 0.29) is 34.9 Å². The maximum Gasteiger partial charge on any atom is 0.272 e. The molecule has 1 aliphatic carbocycles. The number of anilines is 1. The van der Waals surface area contributed by atoms with Gasteiger partial charge >= 0.3 is 0 Å². The predicted molar refractivity (Wildman–Crippen MR) is 118 cm³/mol. The summed E-state index contributed by atoms with van der Waals surface area (Å²) in [6.45, 7) is 1.52. The molecule has 1 aromatic carbocycles. The van der Waals surface area contributed by atoms with Gasteiger partial charge in [0.1, 0.15) is 23.4 Å². The standard InChI is InChI=1S/C22H21ClF2N6O3/c1-10-17(19(32)21(34)28-22(4-5-22)16-8-26-30-29-16)15-6-11(24)9-31(15)18(10)20(33)27-12-2-3-14(25)13(23)7-12/h2-3,7-8,11,19,32H,4-6,9H2,1H3,(H,27,33)(H,28,34)(H,26,29,30)/t11-,19?/m0/s1. The first-order chi connectivity index (χ1) is 16.2. The molecule has 2 atom stereocenters. The number of nitrogens with zero attached hydrogens (tertiary/aromatic N) is 3. The van der Waals surface area contributed by atoms with E-state index in [4.69, 9.17) is 11.6 Å². The second-order valence-corrected chi connectivity index (χ2v) is 9.07. The number of nitrogens with one attached hydrogen (secondary N) is 3. The predicted octanol–water partition coefficient (Wildman–Crippen LogP) is 2.69. The van der Waals surface area contributed by atoms with Gasteiger partial charge in [-0.05, 0) is 43.5 Å². The molecule has 1 fully saturated rings. The van der Waals surface area contributed by atoms with Crippen LogP contribution in [0.4, 0.5) is 14.5 Å². The molecular weight excluding hydrogens is 470 g/mol. The lowest BCUT2D eigenvalue weighted by Crippen LogP contribution is -2.38. The van der Waals surface area contributed by atoms with Gasteiger partial charge in [-0.1, -0.05) is 11.6 Å². The number of halogens is 3. The first-order valence-electron chi connectivity index (χ1n) is 10.7. The molecule has 3 aromatic rings. The third kappa shape index (κ3) is 3.74. The Kier molecular flexibility index (Phi) is 5.40. The van der Waals surface area contributed by atoms with Crippen LogP contribution in [0.1, 0.15) is 51.9 Å². The number of carbonyl (C=O) groups is 2. The highest BCUT2D eigenvalue weighted by Gasteiger charge is 2.49. The van der Waals surface area contributed by atoms with Crippen LogP contribution in [0.25, 0.3) is 0 Å². The van der Waals surface area contributed by atoms with E-state index < -0.39 is 35.4 Å². The average molecular weight is 491 g/mol. The first-order valence-corrected chi connectivity index (χ1v) is 11.1. The van der Waals surface area contributed by atoms with Gasteiger partial charge in [-0.3, -0.25) is 9.59 Å². The molecule has 0 bridgehead atoms. The van der Waals surface area contributed by atoms with Crippen molar-refractivity contribution in [1.29, 1.82) is 0 Å².